The number of amides is 1. The highest BCUT2D eigenvalue weighted by Crippen LogP contribution is 2.24. The number of hydrogen-bond donors (Lipinski definition) is 2. The van der Waals surface area contributed by atoms with Crippen molar-refractivity contribution in [3.8, 4) is 0 Å². The van der Waals surface area contributed by atoms with Crippen molar-refractivity contribution in [3.05, 3.63) is 28.0 Å². The van der Waals surface area contributed by atoms with E-state index in [1.165, 1.54) is 6.07 Å². The summed E-state index contributed by atoms with van der Waals surface area (Å²) in [5, 5.41) is 2.65. The number of halogens is 2. The number of hydrogen-bond acceptors (Lipinski definition) is 3. The van der Waals surface area contributed by atoms with Crippen molar-refractivity contribution >= 4 is 39.3 Å². The van der Waals surface area contributed by atoms with Crippen LogP contribution in [0.3, 0.4) is 0 Å². The summed E-state index contributed by atoms with van der Waals surface area (Å²) in [6.45, 7) is 1.80. The van der Waals surface area contributed by atoms with Crippen LogP contribution in [0.15, 0.2) is 16.6 Å². The highest BCUT2D eigenvalue weighted by molar-refractivity contribution is 9.10. The molecule has 0 radical (unpaired) electrons. The van der Waals surface area contributed by atoms with Gasteiger partial charge < -0.3 is 11.1 Å². The fourth-order valence-corrected chi connectivity index (χ4v) is 2.33. The molecule has 0 aliphatic carbocycles. The Morgan fingerprint density at radius 3 is 2.89 bits per heavy atom. The third-order valence-electron chi connectivity index (χ3n) is 2.49. The third kappa shape index (κ3) is 4.26. The van der Waals surface area contributed by atoms with E-state index in [1.54, 1.807) is 24.8 Å². The van der Waals surface area contributed by atoms with Gasteiger partial charge in [0.2, 0.25) is 5.91 Å². The van der Waals surface area contributed by atoms with Gasteiger partial charge in [0, 0.05) is 5.69 Å². The van der Waals surface area contributed by atoms with Gasteiger partial charge in [0.25, 0.3) is 0 Å². The van der Waals surface area contributed by atoms with Crippen LogP contribution in [0.4, 0.5) is 10.1 Å². The Kier molecular flexibility index (Phi) is 6.11. The molecule has 1 rings (SSSR count). The zero-order valence-electron chi connectivity index (χ0n) is 10.3. The van der Waals surface area contributed by atoms with Gasteiger partial charge in [0.05, 0.1) is 10.5 Å². The van der Waals surface area contributed by atoms with E-state index in [0.29, 0.717) is 16.6 Å². The van der Waals surface area contributed by atoms with Crippen molar-refractivity contribution in [3.63, 3.8) is 0 Å². The Morgan fingerprint density at radius 1 is 1.61 bits per heavy atom. The van der Waals surface area contributed by atoms with Crippen molar-refractivity contribution in [2.24, 2.45) is 5.73 Å². The molecular formula is C12H16BrFN2OS. The van der Waals surface area contributed by atoms with Crippen LogP contribution in [0.2, 0.25) is 0 Å². The van der Waals surface area contributed by atoms with Gasteiger partial charge in [-0.15, -0.1) is 0 Å². The molecule has 3 nitrogen and oxygen atoms in total. The van der Waals surface area contributed by atoms with Gasteiger partial charge in [-0.2, -0.15) is 11.8 Å². The van der Waals surface area contributed by atoms with Gasteiger partial charge in [0.1, 0.15) is 5.82 Å². The minimum atomic E-state index is -0.566. The van der Waals surface area contributed by atoms with Gasteiger partial charge in [0.15, 0.2) is 0 Å². The number of carbonyl (C=O) groups excluding carboxylic acids is 1. The summed E-state index contributed by atoms with van der Waals surface area (Å²) in [6.07, 6.45) is 2.56. The number of rotatable bonds is 5. The fourth-order valence-electron chi connectivity index (χ4n) is 1.38. The maximum atomic E-state index is 13.4. The molecular weight excluding hydrogens is 319 g/mol. The molecule has 1 amide bonds. The standard InChI is InChI=1S/C12H16BrFN2OS/c1-7-5-8(13)9(14)6-11(7)16-12(17)10(15)3-4-18-2/h5-6,10H,3-4,15H2,1-2H3,(H,16,17)/t10-/m0/s1. The molecule has 1 atom stereocenters. The van der Waals surface area contributed by atoms with Crippen molar-refractivity contribution in [2.75, 3.05) is 17.3 Å². The molecule has 6 heteroatoms. The van der Waals surface area contributed by atoms with Crippen LogP contribution in [-0.2, 0) is 4.79 Å². The lowest BCUT2D eigenvalue weighted by Gasteiger charge is -2.13. The molecule has 0 saturated carbocycles. The largest absolute Gasteiger partial charge is 0.324 e. The second-order valence-electron chi connectivity index (χ2n) is 3.96. The summed E-state index contributed by atoms with van der Waals surface area (Å²) >= 11 is 4.73. The smallest absolute Gasteiger partial charge is 0.241 e. The van der Waals surface area contributed by atoms with E-state index in [4.69, 9.17) is 5.73 Å². The molecule has 1 aromatic rings. The van der Waals surface area contributed by atoms with Crippen LogP contribution in [0.1, 0.15) is 12.0 Å². The van der Waals surface area contributed by atoms with Crippen LogP contribution in [0.5, 0.6) is 0 Å². The first kappa shape index (κ1) is 15.5. The number of benzene rings is 1. The third-order valence-corrected chi connectivity index (χ3v) is 3.75. The first-order valence-corrected chi connectivity index (χ1v) is 7.65. The Labute approximate surface area is 119 Å². The summed E-state index contributed by atoms with van der Waals surface area (Å²) < 4.78 is 13.8. The number of nitrogens with one attached hydrogen (secondary N) is 1. The average molecular weight is 335 g/mol. The molecule has 100 valence electrons. The highest BCUT2D eigenvalue weighted by Gasteiger charge is 2.15. The van der Waals surface area contributed by atoms with Crippen molar-refractivity contribution in [1.82, 2.24) is 0 Å². The van der Waals surface area contributed by atoms with Crippen LogP contribution in [-0.4, -0.2) is 24.0 Å². The van der Waals surface area contributed by atoms with E-state index in [9.17, 15) is 9.18 Å². The van der Waals surface area contributed by atoms with E-state index in [1.807, 2.05) is 6.26 Å². The topological polar surface area (TPSA) is 55.1 Å². The van der Waals surface area contributed by atoms with Crippen LogP contribution in [0.25, 0.3) is 0 Å². The van der Waals surface area contributed by atoms with Crippen molar-refractivity contribution < 1.29 is 9.18 Å². The Morgan fingerprint density at radius 2 is 2.28 bits per heavy atom. The predicted octanol–water partition coefficient (Wildman–Crippen LogP) is 2.92. The minimum Gasteiger partial charge on any atom is -0.324 e. The average Bonchev–Trinajstić information content (AvgIpc) is 2.32. The van der Waals surface area contributed by atoms with Gasteiger partial charge in [-0.3, -0.25) is 4.79 Å². The lowest BCUT2D eigenvalue weighted by Crippen LogP contribution is -2.36. The zero-order chi connectivity index (χ0) is 13.7. The van der Waals surface area contributed by atoms with E-state index in [0.717, 1.165) is 11.3 Å². The molecule has 0 aliphatic rings. The number of thioether (sulfide) groups is 1. The first-order valence-electron chi connectivity index (χ1n) is 5.46. The van der Waals surface area contributed by atoms with Crippen molar-refractivity contribution in [2.45, 2.75) is 19.4 Å². The van der Waals surface area contributed by atoms with Gasteiger partial charge >= 0.3 is 0 Å². The number of anilines is 1. The molecule has 0 aliphatic heterocycles. The summed E-state index contributed by atoms with van der Waals surface area (Å²) in [7, 11) is 0. The molecule has 0 unspecified atom stereocenters. The van der Waals surface area contributed by atoms with E-state index < -0.39 is 11.9 Å². The number of aryl methyl sites for hydroxylation is 1. The molecule has 0 fully saturated rings. The molecule has 3 N–H and O–H groups in total. The van der Waals surface area contributed by atoms with Crippen LogP contribution in [0, 0.1) is 12.7 Å². The second-order valence-corrected chi connectivity index (χ2v) is 5.80. The maximum Gasteiger partial charge on any atom is 0.241 e. The van der Waals surface area contributed by atoms with Gasteiger partial charge in [-0.1, -0.05) is 0 Å². The summed E-state index contributed by atoms with van der Waals surface area (Å²) in [4.78, 5) is 11.8. The lowest BCUT2D eigenvalue weighted by atomic mass is 10.1. The molecule has 0 saturated heterocycles. The lowest BCUT2D eigenvalue weighted by molar-refractivity contribution is -0.117. The second kappa shape index (κ2) is 7.11. The summed E-state index contributed by atoms with van der Waals surface area (Å²) in [5.41, 5.74) is 6.99. The molecule has 0 spiro atoms. The Hall–Kier alpha value is -0.590. The highest BCUT2D eigenvalue weighted by atomic mass is 79.9. The van der Waals surface area contributed by atoms with E-state index in [-0.39, 0.29) is 5.91 Å². The number of nitrogens with two attached hydrogens (primary N) is 1. The van der Waals surface area contributed by atoms with E-state index >= 15 is 0 Å². The number of carbonyl (C=O) groups is 1. The fraction of sp³-hybridized carbons (Fsp3) is 0.417. The van der Waals surface area contributed by atoms with Gasteiger partial charge in [-0.25, -0.2) is 4.39 Å². The normalized spacial score (nSPS) is 12.3. The molecule has 1 aromatic carbocycles. The zero-order valence-corrected chi connectivity index (χ0v) is 12.7. The Bertz CT molecular complexity index is 442. The van der Waals surface area contributed by atoms with E-state index in [2.05, 4.69) is 21.2 Å². The Balaban J connectivity index is 2.72. The molecule has 0 heterocycles. The SMILES string of the molecule is CSCC[C@H](N)C(=O)Nc1cc(F)c(Br)cc1C. The van der Waals surface area contributed by atoms with Gasteiger partial charge in [-0.05, 0) is 59.0 Å². The summed E-state index contributed by atoms with van der Waals surface area (Å²) in [5.74, 6) is 0.130. The van der Waals surface area contributed by atoms with Crippen molar-refractivity contribution in [1.29, 1.82) is 0 Å². The van der Waals surface area contributed by atoms with Crippen LogP contribution < -0.4 is 11.1 Å². The summed E-state index contributed by atoms with van der Waals surface area (Å²) in [6, 6.07) is 2.35. The minimum absolute atomic E-state index is 0.283. The van der Waals surface area contributed by atoms with Crippen LogP contribution >= 0.6 is 27.7 Å². The first-order chi connectivity index (χ1) is 8.45. The monoisotopic (exact) mass is 334 g/mol. The predicted molar refractivity (Wildman–Crippen MR) is 78.4 cm³/mol. The molecule has 18 heavy (non-hydrogen) atoms. The molecule has 0 bridgehead atoms. The molecule has 0 aromatic heterocycles. The maximum absolute atomic E-state index is 13.4. The quantitative estimate of drug-likeness (QED) is 0.870.